The van der Waals surface area contributed by atoms with E-state index in [2.05, 4.69) is 15.9 Å². The van der Waals surface area contributed by atoms with Crippen LogP contribution in [-0.4, -0.2) is 35.1 Å². The van der Waals surface area contributed by atoms with Crippen LogP contribution in [0.1, 0.15) is 16.8 Å². The van der Waals surface area contributed by atoms with E-state index in [1.54, 1.807) is 6.07 Å². The number of nitrogens with zero attached hydrogens (tertiary/aromatic N) is 1. The minimum Gasteiger partial charge on any atom is -0.391 e. The molecule has 0 aliphatic carbocycles. The summed E-state index contributed by atoms with van der Waals surface area (Å²) in [5.74, 6) is -0.686. The quantitative estimate of drug-likeness (QED) is 0.856. The van der Waals surface area contributed by atoms with E-state index in [-0.39, 0.29) is 5.91 Å². The number of carbonyl (C=O) groups is 1. The Kier molecular flexibility index (Phi) is 3.25. The third kappa shape index (κ3) is 2.41. The van der Waals surface area contributed by atoms with Gasteiger partial charge in [0.05, 0.1) is 6.10 Å². The molecule has 1 heterocycles. The van der Waals surface area contributed by atoms with Gasteiger partial charge in [0, 0.05) is 23.1 Å². The van der Waals surface area contributed by atoms with Gasteiger partial charge in [-0.3, -0.25) is 4.79 Å². The number of hydrogen-bond donors (Lipinski definition) is 1. The summed E-state index contributed by atoms with van der Waals surface area (Å²) in [5.41, 5.74) is 0.306. The molecule has 2 rings (SSSR count). The second-order valence-electron chi connectivity index (χ2n) is 3.85. The van der Waals surface area contributed by atoms with Crippen molar-refractivity contribution in [1.29, 1.82) is 0 Å². The highest BCUT2D eigenvalue weighted by atomic mass is 79.9. The van der Waals surface area contributed by atoms with Gasteiger partial charge in [-0.15, -0.1) is 0 Å². The molecule has 1 unspecified atom stereocenters. The molecule has 0 bridgehead atoms. The second-order valence-corrected chi connectivity index (χ2v) is 4.77. The van der Waals surface area contributed by atoms with E-state index in [4.69, 9.17) is 0 Å². The summed E-state index contributed by atoms with van der Waals surface area (Å²) in [6.45, 7) is 0.848. The number of amides is 1. The summed E-state index contributed by atoms with van der Waals surface area (Å²) in [7, 11) is 0. The molecule has 5 heteroatoms. The Morgan fingerprint density at radius 2 is 2.25 bits per heavy atom. The lowest BCUT2D eigenvalue weighted by Crippen LogP contribution is -2.29. The smallest absolute Gasteiger partial charge is 0.254 e. The summed E-state index contributed by atoms with van der Waals surface area (Å²) in [6.07, 6.45) is 0.128. The highest BCUT2D eigenvalue weighted by molar-refractivity contribution is 9.10. The summed E-state index contributed by atoms with van der Waals surface area (Å²) < 4.78 is 13.6. The van der Waals surface area contributed by atoms with Crippen molar-refractivity contribution >= 4 is 21.8 Å². The van der Waals surface area contributed by atoms with Crippen LogP contribution < -0.4 is 0 Å². The van der Waals surface area contributed by atoms with Crippen molar-refractivity contribution in [3.63, 3.8) is 0 Å². The highest BCUT2D eigenvalue weighted by Crippen LogP contribution is 2.18. The van der Waals surface area contributed by atoms with E-state index in [0.29, 0.717) is 29.5 Å². The zero-order valence-electron chi connectivity index (χ0n) is 8.49. The van der Waals surface area contributed by atoms with Crippen LogP contribution in [0.3, 0.4) is 0 Å². The molecule has 3 nitrogen and oxygen atoms in total. The summed E-state index contributed by atoms with van der Waals surface area (Å²) in [4.78, 5) is 13.5. The van der Waals surface area contributed by atoms with E-state index in [9.17, 15) is 14.3 Å². The van der Waals surface area contributed by atoms with Crippen LogP contribution >= 0.6 is 15.9 Å². The first-order chi connectivity index (χ1) is 7.56. The molecule has 0 saturated carbocycles. The summed E-state index contributed by atoms with van der Waals surface area (Å²) >= 11 is 3.14. The van der Waals surface area contributed by atoms with Gasteiger partial charge in [-0.2, -0.15) is 0 Å². The summed E-state index contributed by atoms with van der Waals surface area (Å²) in [6, 6.07) is 4.09. The molecule has 1 amide bonds. The number of hydrogen-bond acceptors (Lipinski definition) is 2. The van der Waals surface area contributed by atoms with Gasteiger partial charge in [0.25, 0.3) is 5.91 Å². The number of β-amino-alcohol motifs (C(OH)–C–C–N with tert-alkyl or cyclic N) is 1. The maximum Gasteiger partial charge on any atom is 0.254 e. The first-order valence-corrected chi connectivity index (χ1v) is 5.79. The molecule has 1 atom stereocenters. The van der Waals surface area contributed by atoms with E-state index >= 15 is 0 Å². The van der Waals surface area contributed by atoms with Gasteiger partial charge in [-0.05, 0) is 24.6 Å². The van der Waals surface area contributed by atoms with Crippen molar-refractivity contribution in [2.45, 2.75) is 12.5 Å². The molecule has 86 valence electrons. The monoisotopic (exact) mass is 287 g/mol. The fourth-order valence-electron chi connectivity index (χ4n) is 1.79. The topological polar surface area (TPSA) is 40.5 Å². The first-order valence-electron chi connectivity index (χ1n) is 4.99. The van der Waals surface area contributed by atoms with E-state index in [1.165, 1.54) is 17.0 Å². The van der Waals surface area contributed by atoms with Crippen LogP contribution in [-0.2, 0) is 0 Å². The van der Waals surface area contributed by atoms with Crippen LogP contribution in [0.15, 0.2) is 22.7 Å². The molecule has 1 aliphatic heterocycles. The second kappa shape index (κ2) is 4.51. The molecule has 1 aromatic rings. The van der Waals surface area contributed by atoms with E-state index in [0.717, 1.165) is 0 Å². The maximum atomic E-state index is 13.1. The van der Waals surface area contributed by atoms with Crippen molar-refractivity contribution in [1.82, 2.24) is 4.90 Å². The van der Waals surface area contributed by atoms with Crippen LogP contribution in [0.5, 0.6) is 0 Å². The van der Waals surface area contributed by atoms with Gasteiger partial charge in [0.2, 0.25) is 0 Å². The average Bonchev–Trinajstić information content (AvgIpc) is 2.62. The van der Waals surface area contributed by atoms with Crippen molar-refractivity contribution in [2.24, 2.45) is 0 Å². The predicted octanol–water partition coefficient (Wildman–Crippen LogP) is 1.79. The SMILES string of the molecule is O=C(c1cc(F)cc(Br)c1)N1CCC(O)C1. The molecule has 0 spiro atoms. The van der Waals surface area contributed by atoms with Crippen molar-refractivity contribution in [2.75, 3.05) is 13.1 Å². The molecule has 1 N–H and O–H groups in total. The number of halogens is 2. The van der Waals surface area contributed by atoms with E-state index in [1.807, 2.05) is 0 Å². The third-order valence-corrected chi connectivity index (χ3v) is 3.02. The fourth-order valence-corrected chi connectivity index (χ4v) is 2.25. The minimum absolute atomic E-state index is 0.239. The van der Waals surface area contributed by atoms with Gasteiger partial charge in [-0.1, -0.05) is 15.9 Å². The number of carbonyl (C=O) groups excluding carboxylic acids is 1. The van der Waals surface area contributed by atoms with Gasteiger partial charge in [-0.25, -0.2) is 4.39 Å². The molecule has 1 fully saturated rings. The van der Waals surface area contributed by atoms with Gasteiger partial charge < -0.3 is 10.0 Å². The number of aliphatic hydroxyl groups excluding tert-OH is 1. The number of rotatable bonds is 1. The third-order valence-electron chi connectivity index (χ3n) is 2.56. The Morgan fingerprint density at radius 3 is 2.81 bits per heavy atom. The van der Waals surface area contributed by atoms with Crippen molar-refractivity contribution in [3.8, 4) is 0 Å². The molecule has 1 aromatic carbocycles. The first kappa shape index (κ1) is 11.5. The highest BCUT2D eigenvalue weighted by Gasteiger charge is 2.25. The van der Waals surface area contributed by atoms with Crippen LogP contribution in [0.25, 0.3) is 0 Å². The zero-order chi connectivity index (χ0) is 11.7. The lowest BCUT2D eigenvalue weighted by molar-refractivity contribution is 0.0764. The normalized spacial score (nSPS) is 20.2. The van der Waals surface area contributed by atoms with E-state index < -0.39 is 11.9 Å². The van der Waals surface area contributed by atoms with Crippen LogP contribution in [0.4, 0.5) is 4.39 Å². The number of aliphatic hydroxyl groups is 1. The Morgan fingerprint density at radius 1 is 1.50 bits per heavy atom. The Bertz CT molecular complexity index is 404. The maximum absolute atomic E-state index is 13.1. The predicted molar refractivity (Wildman–Crippen MR) is 60.6 cm³/mol. The van der Waals surface area contributed by atoms with Crippen molar-refractivity contribution in [3.05, 3.63) is 34.1 Å². The molecular weight excluding hydrogens is 277 g/mol. The Hall–Kier alpha value is -0.940. The molecule has 1 aliphatic rings. The molecule has 1 saturated heterocycles. The zero-order valence-corrected chi connectivity index (χ0v) is 10.1. The fraction of sp³-hybridized carbons (Fsp3) is 0.364. The largest absolute Gasteiger partial charge is 0.391 e. The minimum atomic E-state index is -0.457. The lowest BCUT2D eigenvalue weighted by Gasteiger charge is -2.15. The standard InChI is InChI=1S/C11H11BrFNO2/c12-8-3-7(4-9(13)5-8)11(16)14-2-1-10(15)6-14/h3-5,10,15H,1-2,6H2. The molecule has 0 radical (unpaired) electrons. The van der Waals surface area contributed by atoms with Crippen LogP contribution in [0, 0.1) is 5.82 Å². The van der Waals surface area contributed by atoms with Gasteiger partial charge >= 0.3 is 0 Å². The average molecular weight is 288 g/mol. The van der Waals surface area contributed by atoms with Gasteiger partial charge in [0.1, 0.15) is 5.82 Å². The van der Waals surface area contributed by atoms with Crippen molar-refractivity contribution < 1.29 is 14.3 Å². The van der Waals surface area contributed by atoms with Crippen LogP contribution in [0.2, 0.25) is 0 Å². The Balaban J connectivity index is 2.20. The Labute approximate surface area is 101 Å². The molecule has 16 heavy (non-hydrogen) atoms. The summed E-state index contributed by atoms with van der Waals surface area (Å²) in [5, 5.41) is 9.33. The number of benzene rings is 1. The number of likely N-dealkylation sites (tertiary alicyclic amines) is 1. The lowest BCUT2D eigenvalue weighted by atomic mass is 10.2. The molecular formula is C11H11BrFNO2. The van der Waals surface area contributed by atoms with Gasteiger partial charge in [0.15, 0.2) is 0 Å². The molecule has 0 aromatic heterocycles.